The number of aromatic nitrogens is 2. The highest BCUT2D eigenvalue weighted by molar-refractivity contribution is 6.07. The van der Waals surface area contributed by atoms with Crippen LogP contribution in [0.3, 0.4) is 0 Å². The maximum Gasteiger partial charge on any atom is 0.410 e. The van der Waals surface area contributed by atoms with Gasteiger partial charge in [0.15, 0.2) is 6.04 Å². The van der Waals surface area contributed by atoms with Crippen molar-refractivity contribution in [1.82, 2.24) is 9.78 Å². The first kappa shape index (κ1) is 21.2. The van der Waals surface area contributed by atoms with Crippen molar-refractivity contribution in [3.8, 4) is 11.8 Å². The molecule has 10 heteroatoms. The zero-order chi connectivity index (χ0) is 22.9. The van der Waals surface area contributed by atoms with Gasteiger partial charge in [0.25, 0.3) is 5.91 Å². The zero-order valence-corrected chi connectivity index (χ0v) is 16.8. The monoisotopic (exact) mass is 441 g/mol. The predicted octanol–water partition coefficient (Wildman–Crippen LogP) is 4.68. The van der Waals surface area contributed by atoms with Gasteiger partial charge in [0, 0.05) is 12.1 Å². The number of halogens is 3. The lowest BCUT2D eigenvalue weighted by Gasteiger charge is -2.34. The second kappa shape index (κ2) is 8.26. The van der Waals surface area contributed by atoms with E-state index < -0.39 is 24.2 Å². The highest BCUT2D eigenvalue weighted by Gasteiger charge is 2.47. The van der Waals surface area contributed by atoms with E-state index in [9.17, 15) is 18.0 Å². The number of methoxy groups -OCH3 is 1. The van der Waals surface area contributed by atoms with Gasteiger partial charge in [-0.05, 0) is 42.0 Å². The molecule has 2 atom stereocenters. The number of anilines is 2. The van der Waals surface area contributed by atoms with E-state index in [1.54, 1.807) is 24.3 Å². The summed E-state index contributed by atoms with van der Waals surface area (Å²) < 4.78 is 47.5. The molecule has 32 heavy (non-hydrogen) atoms. The number of nitrogens with zero attached hydrogens (tertiary/aromatic N) is 3. The van der Waals surface area contributed by atoms with E-state index in [4.69, 9.17) is 10.00 Å². The van der Waals surface area contributed by atoms with Crippen LogP contribution in [0.2, 0.25) is 0 Å². The third kappa shape index (κ3) is 4.09. The summed E-state index contributed by atoms with van der Waals surface area (Å²) in [5.41, 5.74) is 1.41. The smallest absolute Gasteiger partial charge is 0.410 e. The van der Waals surface area contributed by atoms with Gasteiger partial charge in [0.05, 0.1) is 31.0 Å². The Kier molecular flexibility index (Phi) is 5.48. The molecule has 1 aliphatic rings. The van der Waals surface area contributed by atoms with E-state index in [1.807, 2.05) is 6.07 Å². The van der Waals surface area contributed by atoms with Gasteiger partial charge >= 0.3 is 6.18 Å². The van der Waals surface area contributed by atoms with Crippen molar-refractivity contribution >= 4 is 17.4 Å². The second-order valence-corrected chi connectivity index (χ2v) is 7.26. The van der Waals surface area contributed by atoms with E-state index in [0.29, 0.717) is 22.6 Å². The Bertz CT molecular complexity index is 1180. The molecule has 0 saturated heterocycles. The molecule has 4 rings (SSSR count). The van der Waals surface area contributed by atoms with Gasteiger partial charge in [0.2, 0.25) is 0 Å². The van der Waals surface area contributed by atoms with E-state index in [2.05, 4.69) is 15.7 Å². The quantitative estimate of drug-likeness (QED) is 0.614. The fourth-order valence-corrected chi connectivity index (χ4v) is 3.63. The number of carbonyl (C=O) groups excluding carboxylic acids is 1. The molecule has 3 aromatic rings. The Labute approximate surface area is 181 Å². The van der Waals surface area contributed by atoms with E-state index in [-0.39, 0.29) is 17.8 Å². The van der Waals surface area contributed by atoms with Crippen molar-refractivity contribution in [3.05, 3.63) is 71.4 Å². The van der Waals surface area contributed by atoms with Gasteiger partial charge in [-0.15, -0.1) is 0 Å². The number of rotatable bonds is 4. The lowest BCUT2D eigenvalue weighted by atomic mass is 9.96. The number of fused-ring (bicyclic) bond motifs is 1. The molecule has 0 bridgehead atoms. The average Bonchev–Trinajstić information content (AvgIpc) is 3.22. The molecule has 0 fully saturated rings. The number of hydrogen-bond acceptors (Lipinski definition) is 5. The molecule has 1 amide bonds. The Balaban J connectivity index is 1.67. The maximum absolute atomic E-state index is 13.8. The Hall–Kier alpha value is -4.00. The van der Waals surface area contributed by atoms with Crippen LogP contribution in [0.1, 0.15) is 40.0 Å². The van der Waals surface area contributed by atoms with Crippen LogP contribution in [0.25, 0.3) is 0 Å². The number of nitrogens with one attached hydrogen (secondary N) is 2. The molecule has 0 spiro atoms. The summed E-state index contributed by atoms with van der Waals surface area (Å²) in [7, 11) is 1.48. The lowest BCUT2D eigenvalue weighted by molar-refractivity contribution is -0.173. The third-order valence-corrected chi connectivity index (χ3v) is 5.25. The molecule has 1 aromatic heterocycles. The standard InChI is InChI=1S/C22H18F3N5O2/c1-32-16-4-2-3-14(9-16)18-10-19(22(23,24)25)30-20(29-18)17(12-27-30)21(31)28-15-7-5-13(11-26)6-8-15/h2-9,12,18-19,29H,10H2,1H3,(H,28,31)/t18-,19-/m1/s1. The molecule has 7 nitrogen and oxygen atoms in total. The first-order valence-corrected chi connectivity index (χ1v) is 9.66. The number of nitriles is 1. The van der Waals surface area contributed by atoms with Gasteiger partial charge in [-0.2, -0.15) is 23.5 Å². The normalized spacial score (nSPS) is 17.6. The first-order valence-electron chi connectivity index (χ1n) is 9.66. The topological polar surface area (TPSA) is 92.0 Å². The second-order valence-electron chi connectivity index (χ2n) is 7.26. The van der Waals surface area contributed by atoms with Gasteiger partial charge in [-0.3, -0.25) is 4.79 Å². The Morgan fingerprint density at radius 2 is 2.03 bits per heavy atom. The number of carbonyl (C=O) groups is 1. The molecular weight excluding hydrogens is 423 g/mol. The van der Waals surface area contributed by atoms with Gasteiger partial charge in [0.1, 0.15) is 17.1 Å². The van der Waals surface area contributed by atoms with Crippen molar-refractivity contribution in [2.24, 2.45) is 0 Å². The molecule has 0 radical (unpaired) electrons. The summed E-state index contributed by atoms with van der Waals surface area (Å²) in [5, 5.41) is 18.4. The summed E-state index contributed by atoms with van der Waals surface area (Å²) in [6.07, 6.45) is -3.73. The Morgan fingerprint density at radius 1 is 1.28 bits per heavy atom. The Morgan fingerprint density at radius 3 is 2.69 bits per heavy atom. The van der Waals surface area contributed by atoms with Crippen molar-refractivity contribution in [1.29, 1.82) is 5.26 Å². The van der Waals surface area contributed by atoms with Crippen LogP contribution in [0.4, 0.5) is 24.7 Å². The highest BCUT2D eigenvalue weighted by Crippen LogP contribution is 2.44. The number of ether oxygens (including phenoxy) is 1. The highest BCUT2D eigenvalue weighted by atomic mass is 19.4. The summed E-state index contributed by atoms with van der Waals surface area (Å²) in [6, 6.07) is 12.3. The minimum Gasteiger partial charge on any atom is -0.497 e. The summed E-state index contributed by atoms with van der Waals surface area (Å²) in [5.74, 6) is -0.112. The zero-order valence-electron chi connectivity index (χ0n) is 16.8. The van der Waals surface area contributed by atoms with Crippen molar-refractivity contribution in [2.45, 2.75) is 24.7 Å². The van der Waals surface area contributed by atoms with Crippen molar-refractivity contribution in [3.63, 3.8) is 0 Å². The van der Waals surface area contributed by atoms with Crippen LogP contribution < -0.4 is 15.4 Å². The van der Waals surface area contributed by atoms with Gasteiger partial charge in [-0.25, -0.2) is 4.68 Å². The van der Waals surface area contributed by atoms with Gasteiger partial charge < -0.3 is 15.4 Å². The molecule has 1 aliphatic heterocycles. The summed E-state index contributed by atoms with van der Waals surface area (Å²) in [6.45, 7) is 0. The average molecular weight is 441 g/mol. The fraction of sp³-hybridized carbons (Fsp3) is 0.227. The molecular formula is C22H18F3N5O2. The van der Waals surface area contributed by atoms with Crippen LogP contribution in [0.5, 0.6) is 5.75 Å². The van der Waals surface area contributed by atoms with Crippen molar-refractivity contribution in [2.75, 3.05) is 17.7 Å². The van der Waals surface area contributed by atoms with Crippen LogP contribution in [0, 0.1) is 11.3 Å². The molecule has 0 unspecified atom stereocenters. The van der Waals surface area contributed by atoms with Crippen LogP contribution >= 0.6 is 0 Å². The molecule has 2 aromatic carbocycles. The lowest BCUT2D eigenvalue weighted by Crippen LogP contribution is -2.36. The molecule has 2 heterocycles. The van der Waals surface area contributed by atoms with E-state index in [0.717, 1.165) is 10.9 Å². The molecule has 2 N–H and O–H groups in total. The summed E-state index contributed by atoms with van der Waals surface area (Å²) >= 11 is 0. The predicted molar refractivity (Wildman–Crippen MR) is 110 cm³/mol. The fourth-order valence-electron chi connectivity index (χ4n) is 3.63. The SMILES string of the molecule is COc1cccc([C@H]2C[C@H](C(F)(F)F)n3ncc(C(=O)Nc4ccc(C#N)cc4)c3N2)c1. The number of hydrogen-bond donors (Lipinski definition) is 2. The largest absolute Gasteiger partial charge is 0.497 e. The van der Waals surface area contributed by atoms with Crippen LogP contribution in [-0.2, 0) is 0 Å². The minimum atomic E-state index is -4.55. The maximum atomic E-state index is 13.8. The van der Waals surface area contributed by atoms with Crippen LogP contribution in [-0.4, -0.2) is 29.0 Å². The van der Waals surface area contributed by atoms with Gasteiger partial charge in [-0.1, -0.05) is 12.1 Å². The molecule has 0 saturated carbocycles. The van der Waals surface area contributed by atoms with Crippen molar-refractivity contribution < 1.29 is 22.7 Å². The molecule has 164 valence electrons. The van der Waals surface area contributed by atoms with E-state index in [1.165, 1.54) is 31.4 Å². The molecule has 0 aliphatic carbocycles. The number of alkyl halides is 3. The van der Waals surface area contributed by atoms with Crippen LogP contribution in [0.15, 0.2) is 54.7 Å². The number of amides is 1. The first-order chi connectivity index (χ1) is 15.3. The third-order valence-electron chi connectivity index (χ3n) is 5.25. The minimum absolute atomic E-state index is 0.0162. The summed E-state index contributed by atoms with van der Waals surface area (Å²) in [4.78, 5) is 12.8. The number of benzene rings is 2. The van der Waals surface area contributed by atoms with E-state index >= 15 is 0 Å².